The standard InChI is InChI=1S/C24H19NO5/c26-22(24(10-11-24)17-8-9-20-21(12-17)30-14-29-20)13-18-2-1-3-19(25-18)15-4-6-16(7-5-15)23(27)28/h1-9,12H,10-11,13-14H2,(H,27,28). The number of Topliss-reactive ketones (excluding diaryl/α,β-unsaturated/α-hetero) is 1. The van der Waals surface area contributed by atoms with Crippen LogP contribution in [-0.4, -0.2) is 28.6 Å². The molecule has 150 valence electrons. The maximum atomic E-state index is 13.2. The van der Waals surface area contributed by atoms with Crippen molar-refractivity contribution in [1.29, 1.82) is 0 Å². The first kappa shape index (κ1) is 18.4. The van der Waals surface area contributed by atoms with Gasteiger partial charge in [-0.25, -0.2) is 4.79 Å². The molecule has 2 heterocycles. The third-order valence-electron chi connectivity index (χ3n) is 5.78. The number of aromatic nitrogens is 1. The highest BCUT2D eigenvalue weighted by Crippen LogP contribution is 2.51. The van der Waals surface area contributed by atoms with E-state index in [-0.39, 0.29) is 24.6 Å². The summed E-state index contributed by atoms with van der Waals surface area (Å²) in [4.78, 5) is 28.9. The summed E-state index contributed by atoms with van der Waals surface area (Å²) in [6.45, 7) is 0.212. The number of ether oxygens (including phenoxy) is 2. The summed E-state index contributed by atoms with van der Waals surface area (Å²) in [7, 11) is 0. The van der Waals surface area contributed by atoms with E-state index >= 15 is 0 Å². The van der Waals surface area contributed by atoms with Gasteiger partial charge in [0.1, 0.15) is 5.78 Å². The predicted molar refractivity (Wildman–Crippen MR) is 109 cm³/mol. The lowest BCUT2D eigenvalue weighted by atomic mass is 9.88. The Hall–Kier alpha value is -3.67. The first-order valence-corrected chi connectivity index (χ1v) is 9.78. The molecule has 0 unspecified atom stereocenters. The molecule has 6 heteroatoms. The van der Waals surface area contributed by atoms with Crippen LogP contribution in [0.4, 0.5) is 0 Å². The monoisotopic (exact) mass is 401 g/mol. The van der Waals surface area contributed by atoms with Crippen molar-refractivity contribution in [2.75, 3.05) is 6.79 Å². The number of rotatable bonds is 6. The lowest BCUT2D eigenvalue weighted by Gasteiger charge is -2.15. The Kier molecular flexibility index (Phi) is 4.28. The Morgan fingerprint density at radius 2 is 1.73 bits per heavy atom. The van der Waals surface area contributed by atoms with E-state index in [0.29, 0.717) is 22.9 Å². The highest BCUT2D eigenvalue weighted by molar-refractivity contribution is 5.94. The minimum absolute atomic E-state index is 0.146. The maximum Gasteiger partial charge on any atom is 0.335 e. The number of pyridine rings is 1. The van der Waals surface area contributed by atoms with Gasteiger partial charge in [-0.05, 0) is 54.8 Å². The van der Waals surface area contributed by atoms with Crippen LogP contribution in [0.25, 0.3) is 11.3 Å². The third-order valence-corrected chi connectivity index (χ3v) is 5.78. The highest BCUT2D eigenvalue weighted by Gasteiger charge is 2.50. The molecule has 0 amide bonds. The van der Waals surface area contributed by atoms with Gasteiger partial charge >= 0.3 is 5.97 Å². The Morgan fingerprint density at radius 3 is 2.47 bits per heavy atom. The average Bonchev–Trinajstić information content (AvgIpc) is 3.45. The van der Waals surface area contributed by atoms with Gasteiger partial charge in [0.15, 0.2) is 11.5 Å². The van der Waals surface area contributed by atoms with E-state index < -0.39 is 11.4 Å². The maximum absolute atomic E-state index is 13.2. The second-order valence-electron chi connectivity index (χ2n) is 7.65. The summed E-state index contributed by atoms with van der Waals surface area (Å²) >= 11 is 0. The predicted octanol–water partition coefficient (Wildman–Crippen LogP) is 4.02. The molecule has 5 rings (SSSR count). The Labute approximate surface area is 173 Å². The van der Waals surface area contributed by atoms with Gasteiger partial charge in [-0.2, -0.15) is 0 Å². The largest absolute Gasteiger partial charge is 0.478 e. The Morgan fingerprint density at radius 1 is 0.967 bits per heavy atom. The fourth-order valence-electron chi connectivity index (χ4n) is 3.90. The molecule has 3 aromatic rings. The summed E-state index contributed by atoms with van der Waals surface area (Å²) in [6, 6.07) is 17.9. The van der Waals surface area contributed by atoms with Crippen LogP contribution in [0, 0.1) is 0 Å². The van der Waals surface area contributed by atoms with Gasteiger partial charge in [-0.1, -0.05) is 24.3 Å². The van der Waals surface area contributed by atoms with Gasteiger partial charge in [0.05, 0.1) is 16.7 Å². The molecular formula is C24H19NO5. The lowest BCUT2D eigenvalue weighted by Crippen LogP contribution is -2.23. The minimum atomic E-state index is -0.966. The quantitative estimate of drug-likeness (QED) is 0.672. The number of nitrogens with zero attached hydrogens (tertiary/aromatic N) is 1. The molecule has 1 aromatic heterocycles. The molecule has 2 aliphatic rings. The normalized spacial score (nSPS) is 15.6. The summed E-state index contributed by atoms with van der Waals surface area (Å²) in [6.07, 6.45) is 1.89. The Bertz CT molecular complexity index is 1150. The van der Waals surface area contributed by atoms with Crippen LogP contribution in [0.2, 0.25) is 0 Å². The number of hydrogen-bond acceptors (Lipinski definition) is 5. The molecule has 0 radical (unpaired) electrons. The second-order valence-corrected chi connectivity index (χ2v) is 7.65. The van der Waals surface area contributed by atoms with Crippen molar-refractivity contribution in [2.45, 2.75) is 24.7 Å². The van der Waals surface area contributed by atoms with Crippen molar-refractivity contribution in [3.05, 3.63) is 77.5 Å². The topological polar surface area (TPSA) is 85.7 Å². The SMILES string of the molecule is O=C(O)c1ccc(-c2cccc(CC(=O)C3(c4ccc5c(c4)OCO5)CC3)n2)cc1. The molecule has 0 atom stereocenters. The van der Waals surface area contributed by atoms with Crippen LogP contribution >= 0.6 is 0 Å². The third kappa shape index (κ3) is 3.20. The van der Waals surface area contributed by atoms with Crippen LogP contribution in [0.15, 0.2) is 60.7 Å². The van der Waals surface area contributed by atoms with Crippen molar-refractivity contribution < 1.29 is 24.2 Å². The number of carboxylic acid groups (broad SMARTS) is 1. The van der Waals surface area contributed by atoms with Gasteiger partial charge in [0, 0.05) is 17.7 Å². The second kappa shape index (κ2) is 6.99. The fourth-order valence-corrected chi connectivity index (χ4v) is 3.90. The van der Waals surface area contributed by atoms with E-state index in [1.54, 1.807) is 24.3 Å². The van der Waals surface area contributed by atoms with E-state index in [9.17, 15) is 9.59 Å². The number of hydrogen-bond donors (Lipinski definition) is 1. The number of benzene rings is 2. The summed E-state index contributed by atoms with van der Waals surface area (Å²) in [5.41, 5.74) is 2.95. The zero-order chi connectivity index (χ0) is 20.7. The van der Waals surface area contributed by atoms with Crippen LogP contribution in [0.5, 0.6) is 11.5 Å². The average molecular weight is 401 g/mol. The molecule has 30 heavy (non-hydrogen) atoms. The molecule has 1 fully saturated rings. The van der Waals surface area contributed by atoms with Crippen molar-refractivity contribution in [1.82, 2.24) is 4.98 Å². The molecule has 0 saturated heterocycles. The van der Waals surface area contributed by atoms with E-state index in [1.165, 1.54) is 0 Å². The molecule has 1 aliphatic heterocycles. The van der Waals surface area contributed by atoms with Crippen molar-refractivity contribution >= 4 is 11.8 Å². The van der Waals surface area contributed by atoms with Gasteiger partial charge in [-0.3, -0.25) is 9.78 Å². The first-order valence-electron chi connectivity index (χ1n) is 9.78. The smallest absolute Gasteiger partial charge is 0.335 e. The molecule has 0 bridgehead atoms. The van der Waals surface area contributed by atoms with E-state index in [2.05, 4.69) is 4.98 Å². The molecule has 1 saturated carbocycles. The number of ketones is 1. The lowest BCUT2D eigenvalue weighted by molar-refractivity contribution is -0.120. The molecular weight excluding hydrogens is 382 g/mol. The number of carbonyl (C=O) groups is 2. The zero-order valence-corrected chi connectivity index (χ0v) is 16.1. The molecule has 0 spiro atoms. The van der Waals surface area contributed by atoms with Crippen LogP contribution < -0.4 is 9.47 Å². The van der Waals surface area contributed by atoms with Crippen molar-refractivity contribution in [3.63, 3.8) is 0 Å². The van der Waals surface area contributed by atoms with Crippen LogP contribution in [0.3, 0.4) is 0 Å². The van der Waals surface area contributed by atoms with Crippen LogP contribution in [0.1, 0.15) is 34.5 Å². The number of carboxylic acids is 1. The molecule has 1 N–H and O–H groups in total. The van der Waals surface area contributed by atoms with Crippen molar-refractivity contribution in [3.8, 4) is 22.8 Å². The molecule has 2 aromatic carbocycles. The van der Waals surface area contributed by atoms with Gasteiger partial charge in [-0.15, -0.1) is 0 Å². The summed E-state index contributed by atoms with van der Waals surface area (Å²) in [5.74, 6) is 0.584. The van der Waals surface area contributed by atoms with E-state index in [0.717, 1.165) is 24.0 Å². The zero-order valence-electron chi connectivity index (χ0n) is 16.1. The highest BCUT2D eigenvalue weighted by atomic mass is 16.7. The molecule has 1 aliphatic carbocycles. The number of aromatic carboxylic acids is 1. The number of fused-ring (bicyclic) bond motifs is 1. The van der Waals surface area contributed by atoms with Gasteiger partial charge in [0.2, 0.25) is 6.79 Å². The number of carbonyl (C=O) groups excluding carboxylic acids is 1. The first-order chi connectivity index (χ1) is 14.5. The van der Waals surface area contributed by atoms with E-state index in [1.807, 2.05) is 36.4 Å². The summed E-state index contributed by atoms with van der Waals surface area (Å²) < 4.78 is 10.8. The molecule has 6 nitrogen and oxygen atoms in total. The fraction of sp³-hybridized carbons (Fsp3) is 0.208. The van der Waals surface area contributed by atoms with Crippen molar-refractivity contribution in [2.24, 2.45) is 0 Å². The van der Waals surface area contributed by atoms with Gasteiger partial charge in [0.25, 0.3) is 0 Å². The van der Waals surface area contributed by atoms with E-state index in [4.69, 9.17) is 14.6 Å². The van der Waals surface area contributed by atoms with Gasteiger partial charge < -0.3 is 14.6 Å². The Balaban J connectivity index is 1.36. The minimum Gasteiger partial charge on any atom is -0.478 e. The summed E-state index contributed by atoms with van der Waals surface area (Å²) in [5, 5.41) is 9.05. The van der Waals surface area contributed by atoms with Crippen LogP contribution in [-0.2, 0) is 16.6 Å².